The maximum absolute atomic E-state index is 5.23. The van der Waals surface area contributed by atoms with E-state index in [0.717, 1.165) is 44.6 Å². The van der Waals surface area contributed by atoms with Crippen LogP contribution in [-0.2, 0) is 0 Å². The summed E-state index contributed by atoms with van der Waals surface area (Å²) in [6.07, 6.45) is 0. The minimum absolute atomic E-state index is 0.650. The van der Waals surface area contributed by atoms with Crippen LogP contribution in [0.5, 0.6) is 0 Å². The number of hydrogen-bond acceptors (Lipinski definition) is 3. The third-order valence-corrected chi connectivity index (χ3v) is 12.5. The number of benzene rings is 8. The normalized spacial score (nSPS) is 11.9. The van der Waals surface area contributed by atoms with Crippen LogP contribution in [-0.4, -0.2) is 19.1 Å². The summed E-state index contributed by atoms with van der Waals surface area (Å²) in [5.41, 5.74) is 11.9. The number of nitrogens with zero attached hydrogens (tertiary/aromatic N) is 4. The minimum atomic E-state index is 0.650. The average Bonchev–Trinajstić information content (AvgIpc) is 3.93. The Morgan fingerprint density at radius 2 is 0.842 bits per heavy atom. The Balaban J connectivity index is 1.07. The lowest BCUT2D eigenvalue weighted by Gasteiger charge is -2.12. The molecule has 0 spiro atoms. The third-order valence-electron chi connectivity index (χ3n) is 11.3. The van der Waals surface area contributed by atoms with Crippen LogP contribution in [0.25, 0.3) is 109 Å². The molecule has 0 atom stereocenters. The molecule has 266 valence electrons. The van der Waals surface area contributed by atoms with Gasteiger partial charge in [0.2, 0.25) is 5.95 Å². The van der Waals surface area contributed by atoms with E-state index in [0.29, 0.717) is 5.95 Å². The topological polar surface area (TPSA) is 35.6 Å². The Hall–Kier alpha value is -7.34. The molecular formula is C52H32N4S. The molecule has 4 nitrogen and oxygen atoms in total. The standard InChI is InChI=1S/C52H32N4S/c1-4-14-33(15-5-1)44-32-45(34-16-6-2-7-17-34)54-52(53-44)56-46-22-12-10-20-38(46)40-28-35(25-27-48(40)56)36-24-26-47-41(29-36)42-31-51-43(39-21-11-13-23-50(39)57-51)30-49(42)55(47)37-18-8-3-9-19-37/h1-32H. The summed E-state index contributed by atoms with van der Waals surface area (Å²) in [6, 6.07) is 69.5. The molecule has 8 aromatic carbocycles. The van der Waals surface area contributed by atoms with Gasteiger partial charge in [0, 0.05) is 58.5 Å². The van der Waals surface area contributed by atoms with Crippen LogP contribution >= 0.6 is 11.3 Å². The number of thiophene rings is 1. The Morgan fingerprint density at radius 3 is 1.53 bits per heavy atom. The first kappa shape index (κ1) is 32.0. The first-order chi connectivity index (χ1) is 28.2. The van der Waals surface area contributed by atoms with Crippen LogP contribution in [0.4, 0.5) is 0 Å². The smallest absolute Gasteiger partial charge is 0.235 e. The van der Waals surface area contributed by atoms with Gasteiger partial charge in [-0.1, -0.05) is 127 Å². The van der Waals surface area contributed by atoms with Crippen LogP contribution in [0.15, 0.2) is 194 Å². The minimum Gasteiger partial charge on any atom is -0.309 e. The summed E-state index contributed by atoms with van der Waals surface area (Å²) in [7, 11) is 0. The van der Waals surface area contributed by atoms with E-state index in [2.05, 4.69) is 191 Å². The maximum atomic E-state index is 5.23. The van der Waals surface area contributed by atoms with Gasteiger partial charge < -0.3 is 4.57 Å². The molecule has 57 heavy (non-hydrogen) atoms. The predicted molar refractivity (Wildman–Crippen MR) is 240 cm³/mol. The predicted octanol–water partition coefficient (Wildman–Crippen LogP) is 14.0. The highest BCUT2D eigenvalue weighted by atomic mass is 32.1. The molecule has 4 heterocycles. The zero-order valence-electron chi connectivity index (χ0n) is 30.7. The molecule has 0 bridgehead atoms. The van der Waals surface area contributed by atoms with Gasteiger partial charge in [0.1, 0.15) is 0 Å². The summed E-state index contributed by atoms with van der Waals surface area (Å²) in [5.74, 6) is 0.650. The second kappa shape index (κ2) is 12.6. The van der Waals surface area contributed by atoms with Crippen molar-refractivity contribution in [3.8, 4) is 45.3 Å². The second-order valence-electron chi connectivity index (χ2n) is 14.6. The number of fused-ring (bicyclic) bond motifs is 9. The van der Waals surface area contributed by atoms with E-state index in [4.69, 9.17) is 9.97 Å². The molecule has 0 aliphatic carbocycles. The molecule has 12 rings (SSSR count). The molecule has 0 N–H and O–H groups in total. The molecule has 0 amide bonds. The van der Waals surface area contributed by atoms with Gasteiger partial charge in [0.15, 0.2) is 0 Å². The zero-order valence-corrected chi connectivity index (χ0v) is 31.5. The summed E-state index contributed by atoms with van der Waals surface area (Å²) >= 11 is 1.87. The SMILES string of the molecule is c1ccc(-c2cc(-c3ccccc3)nc(-n3c4ccccc4c4cc(-c5ccc6c(c5)c5cc7sc8ccccc8c7cc5n6-c5ccccc5)ccc43)n2)cc1. The van der Waals surface area contributed by atoms with Crippen molar-refractivity contribution < 1.29 is 0 Å². The Labute approximate surface area is 332 Å². The number of rotatable bonds is 5. The Bertz CT molecular complexity index is 3450. The van der Waals surface area contributed by atoms with E-state index in [9.17, 15) is 0 Å². The first-order valence-electron chi connectivity index (χ1n) is 19.2. The van der Waals surface area contributed by atoms with Crippen LogP contribution in [0, 0.1) is 0 Å². The molecule has 0 radical (unpaired) electrons. The molecule has 0 unspecified atom stereocenters. The average molecular weight is 745 g/mol. The van der Waals surface area contributed by atoms with E-state index in [1.54, 1.807) is 0 Å². The van der Waals surface area contributed by atoms with E-state index < -0.39 is 0 Å². The molecule has 0 aliphatic heterocycles. The summed E-state index contributed by atoms with van der Waals surface area (Å²) in [5, 5.41) is 7.45. The van der Waals surface area contributed by atoms with Gasteiger partial charge in [-0.2, -0.15) is 0 Å². The Kier molecular flexibility index (Phi) is 7.06. The van der Waals surface area contributed by atoms with Gasteiger partial charge >= 0.3 is 0 Å². The van der Waals surface area contributed by atoms with Gasteiger partial charge in [0.05, 0.1) is 33.5 Å². The maximum Gasteiger partial charge on any atom is 0.235 e. The van der Waals surface area contributed by atoms with Crippen molar-refractivity contribution in [2.75, 3.05) is 0 Å². The highest BCUT2D eigenvalue weighted by Gasteiger charge is 2.20. The van der Waals surface area contributed by atoms with Gasteiger partial charge in [-0.15, -0.1) is 11.3 Å². The highest BCUT2D eigenvalue weighted by molar-refractivity contribution is 7.25. The fraction of sp³-hybridized carbons (Fsp3) is 0. The first-order valence-corrected chi connectivity index (χ1v) is 20.1. The van der Waals surface area contributed by atoms with Gasteiger partial charge in [-0.05, 0) is 77.9 Å². The van der Waals surface area contributed by atoms with Gasteiger partial charge in [-0.3, -0.25) is 4.57 Å². The Morgan fingerprint density at radius 1 is 0.316 bits per heavy atom. The monoisotopic (exact) mass is 744 g/mol. The van der Waals surface area contributed by atoms with Crippen molar-refractivity contribution in [3.05, 3.63) is 194 Å². The van der Waals surface area contributed by atoms with Crippen molar-refractivity contribution in [3.63, 3.8) is 0 Å². The summed E-state index contributed by atoms with van der Waals surface area (Å²) in [6.45, 7) is 0. The molecule has 0 fully saturated rings. The second-order valence-corrected chi connectivity index (χ2v) is 15.7. The quantitative estimate of drug-likeness (QED) is 0.176. The van der Waals surface area contributed by atoms with Crippen LogP contribution < -0.4 is 0 Å². The van der Waals surface area contributed by atoms with Crippen molar-refractivity contribution in [2.45, 2.75) is 0 Å². The van der Waals surface area contributed by atoms with Crippen molar-refractivity contribution in [1.82, 2.24) is 19.1 Å². The molecule has 0 aliphatic rings. The van der Waals surface area contributed by atoms with Gasteiger partial charge in [-0.25, -0.2) is 9.97 Å². The lowest BCUT2D eigenvalue weighted by molar-refractivity contribution is 0.995. The van der Waals surface area contributed by atoms with E-state index in [-0.39, 0.29) is 0 Å². The fourth-order valence-electron chi connectivity index (χ4n) is 8.69. The van der Waals surface area contributed by atoms with E-state index in [1.807, 2.05) is 23.5 Å². The number of aromatic nitrogens is 4. The molecule has 12 aromatic rings. The van der Waals surface area contributed by atoms with E-state index in [1.165, 1.54) is 58.5 Å². The van der Waals surface area contributed by atoms with Crippen molar-refractivity contribution in [2.24, 2.45) is 0 Å². The zero-order chi connectivity index (χ0) is 37.5. The third kappa shape index (κ3) is 5.06. The van der Waals surface area contributed by atoms with Crippen molar-refractivity contribution in [1.29, 1.82) is 0 Å². The largest absolute Gasteiger partial charge is 0.309 e. The molecule has 0 saturated carbocycles. The van der Waals surface area contributed by atoms with Crippen LogP contribution in [0.1, 0.15) is 0 Å². The van der Waals surface area contributed by atoms with E-state index >= 15 is 0 Å². The fourth-order valence-corrected chi connectivity index (χ4v) is 9.82. The molecule has 0 saturated heterocycles. The lowest BCUT2D eigenvalue weighted by Crippen LogP contribution is -2.03. The van der Waals surface area contributed by atoms with Gasteiger partial charge in [0.25, 0.3) is 0 Å². The molecule has 5 heteroatoms. The van der Waals surface area contributed by atoms with Crippen LogP contribution in [0.2, 0.25) is 0 Å². The number of hydrogen-bond donors (Lipinski definition) is 0. The number of para-hydroxylation sites is 2. The van der Waals surface area contributed by atoms with Crippen LogP contribution in [0.3, 0.4) is 0 Å². The molecular weight excluding hydrogens is 713 g/mol. The lowest BCUT2D eigenvalue weighted by atomic mass is 10.0. The van der Waals surface area contributed by atoms with Crippen molar-refractivity contribution >= 4 is 75.1 Å². The summed E-state index contributed by atoms with van der Waals surface area (Å²) in [4.78, 5) is 10.5. The molecule has 4 aromatic heterocycles. The summed E-state index contributed by atoms with van der Waals surface area (Å²) < 4.78 is 7.27. The highest BCUT2D eigenvalue weighted by Crippen LogP contribution is 2.42.